The van der Waals surface area contributed by atoms with Crippen molar-refractivity contribution in [2.45, 2.75) is 37.3 Å². The van der Waals surface area contributed by atoms with Crippen molar-refractivity contribution in [3.05, 3.63) is 41.5 Å². The molecule has 1 aromatic heterocycles. The van der Waals surface area contributed by atoms with E-state index in [-0.39, 0.29) is 12.1 Å². The number of H-pyrrole nitrogens is 1. The highest BCUT2D eigenvalue weighted by Gasteiger charge is 2.36. The smallest absolute Gasteiger partial charge is 0.153 e. The third-order valence-electron chi connectivity index (χ3n) is 5.09. The molecule has 1 aliphatic carbocycles. The molecule has 2 fully saturated rings. The number of hydrogen-bond donors (Lipinski definition) is 1. The summed E-state index contributed by atoms with van der Waals surface area (Å²) < 4.78 is 11.4. The summed E-state index contributed by atoms with van der Waals surface area (Å²) >= 11 is 0. The molecule has 1 aliphatic heterocycles. The summed E-state index contributed by atoms with van der Waals surface area (Å²) in [7, 11) is 1.76. The summed E-state index contributed by atoms with van der Waals surface area (Å²) in [6.45, 7) is 2.16. The van der Waals surface area contributed by atoms with Crippen LogP contribution in [0.5, 0.6) is 5.75 Å². The molecule has 2 heterocycles. The van der Waals surface area contributed by atoms with E-state index in [1.165, 1.54) is 12.8 Å². The van der Waals surface area contributed by atoms with E-state index in [0.29, 0.717) is 18.1 Å². The van der Waals surface area contributed by atoms with Gasteiger partial charge in [0, 0.05) is 26.1 Å². The fraction of sp³-hybridized carbons (Fsp3) is 0.526. The highest BCUT2D eigenvalue weighted by atomic mass is 16.5. The van der Waals surface area contributed by atoms with Gasteiger partial charge < -0.3 is 9.47 Å². The molecule has 2 aliphatic rings. The van der Waals surface area contributed by atoms with Crippen molar-refractivity contribution in [2.75, 3.05) is 26.8 Å². The molecule has 2 aromatic rings. The lowest BCUT2D eigenvalue weighted by molar-refractivity contribution is 0.105. The van der Waals surface area contributed by atoms with Crippen LogP contribution in [0.2, 0.25) is 0 Å². The van der Waals surface area contributed by atoms with Gasteiger partial charge in [-0.2, -0.15) is 10.4 Å². The SMILES string of the molecule is CO[C@@H]1C[C@@H](c2nc(C3CC3)n[nH]2)N(CCOc2cccc(C#N)c2)C1. The van der Waals surface area contributed by atoms with Crippen molar-refractivity contribution in [3.63, 3.8) is 0 Å². The number of rotatable bonds is 7. The number of likely N-dealkylation sites (tertiary alicyclic amines) is 1. The zero-order chi connectivity index (χ0) is 17.9. The maximum Gasteiger partial charge on any atom is 0.153 e. The van der Waals surface area contributed by atoms with Gasteiger partial charge in [0.15, 0.2) is 5.82 Å². The van der Waals surface area contributed by atoms with Crippen LogP contribution in [0.15, 0.2) is 24.3 Å². The number of nitriles is 1. The molecule has 0 radical (unpaired) electrons. The molecule has 1 N–H and O–H groups in total. The quantitative estimate of drug-likeness (QED) is 0.822. The van der Waals surface area contributed by atoms with Gasteiger partial charge in [-0.05, 0) is 37.5 Å². The Bertz CT molecular complexity index is 795. The van der Waals surface area contributed by atoms with Crippen molar-refractivity contribution >= 4 is 0 Å². The molecule has 0 spiro atoms. The van der Waals surface area contributed by atoms with Gasteiger partial charge in [-0.15, -0.1) is 0 Å². The van der Waals surface area contributed by atoms with Gasteiger partial charge in [0.2, 0.25) is 0 Å². The number of aromatic amines is 1. The van der Waals surface area contributed by atoms with E-state index >= 15 is 0 Å². The topological polar surface area (TPSA) is 87.1 Å². The van der Waals surface area contributed by atoms with E-state index in [0.717, 1.165) is 36.9 Å². The Morgan fingerprint density at radius 1 is 1.38 bits per heavy atom. The van der Waals surface area contributed by atoms with Crippen LogP contribution < -0.4 is 4.74 Å². The molecule has 0 unspecified atom stereocenters. The first kappa shape index (κ1) is 17.0. The summed E-state index contributed by atoms with van der Waals surface area (Å²) in [4.78, 5) is 7.05. The third-order valence-corrected chi connectivity index (χ3v) is 5.09. The zero-order valence-electron chi connectivity index (χ0n) is 14.9. The molecule has 26 heavy (non-hydrogen) atoms. The van der Waals surface area contributed by atoms with Gasteiger partial charge >= 0.3 is 0 Å². The molecule has 0 amide bonds. The molecule has 1 saturated heterocycles. The van der Waals surface area contributed by atoms with Crippen LogP contribution in [-0.2, 0) is 4.74 Å². The summed E-state index contributed by atoms with van der Waals surface area (Å²) in [6.07, 6.45) is 3.49. The maximum atomic E-state index is 8.98. The number of aromatic nitrogens is 3. The van der Waals surface area contributed by atoms with E-state index in [1.807, 2.05) is 12.1 Å². The highest BCUT2D eigenvalue weighted by molar-refractivity contribution is 5.36. The number of methoxy groups -OCH3 is 1. The number of benzene rings is 1. The molecule has 136 valence electrons. The van der Waals surface area contributed by atoms with Crippen molar-refractivity contribution in [1.82, 2.24) is 20.1 Å². The molecule has 7 nitrogen and oxygen atoms in total. The number of ether oxygens (including phenoxy) is 2. The third kappa shape index (κ3) is 3.71. The lowest BCUT2D eigenvalue weighted by atomic mass is 10.2. The Morgan fingerprint density at radius 3 is 3.04 bits per heavy atom. The second-order valence-electron chi connectivity index (χ2n) is 6.95. The van der Waals surface area contributed by atoms with E-state index in [1.54, 1.807) is 19.2 Å². The predicted molar refractivity (Wildman–Crippen MR) is 94.7 cm³/mol. The first-order valence-corrected chi connectivity index (χ1v) is 9.09. The van der Waals surface area contributed by atoms with E-state index in [9.17, 15) is 0 Å². The van der Waals surface area contributed by atoms with Crippen LogP contribution in [0.1, 0.15) is 48.4 Å². The number of nitrogens with one attached hydrogen (secondary N) is 1. The molecule has 1 aromatic carbocycles. The van der Waals surface area contributed by atoms with Gasteiger partial charge in [-0.1, -0.05) is 6.07 Å². The van der Waals surface area contributed by atoms with Crippen molar-refractivity contribution < 1.29 is 9.47 Å². The minimum absolute atomic E-state index is 0.175. The largest absolute Gasteiger partial charge is 0.492 e. The molecular formula is C19H23N5O2. The Labute approximate surface area is 152 Å². The minimum atomic E-state index is 0.175. The van der Waals surface area contributed by atoms with Crippen LogP contribution in [0.25, 0.3) is 0 Å². The lowest BCUT2D eigenvalue weighted by Gasteiger charge is -2.22. The van der Waals surface area contributed by atoms with Crippen molar-refractivity contribution in [2.24, 2.45) is 0 Å². The minimum Gasteiger partial charge on any atom is -0.492 e. The zero-order valence-corrected chi connectivity index (χ0v) is 14.9. The predicted octanol–water partition coefficient (Wildman–Crippen LogP) is 2.39. The highest BCUT2D eigenvalue weighted by Crippen LogP contribution is 2.39. The van der Waals surface area contributed by atoms with Crippen LogP contribution >= 0.6 is 0 Å². The monoisotopic (exact) mass is 353 g/mol. The first-order valence-electron chi connectivity index (χ1n) is 9.09. The van der Waals surface area contributed by atoms with Crippen LogP contribution in [-0.4, -0.2) is 53.0 Å². The number of hydrogen-bond acceptors (Lipinski definition) is 6. The normalized spacial score (nSPS) is 23.1. The number of nitrogens with zero attached hydrogens (tertiary/aromatic N) is 4. The summed E-state index contributed by atoms with van der Waals surface area (Å²) in [6, 6.07) is 9.55. The summed E-state index contributed by atoms with van der Waals surface area (Å²) in [5.41, 5.74) is 0.607. The average molecular weight is 353 g/mol. The van der Waals surface area contributed by atoms with Crippen molar-refractivity contribution in [3.8, 4) is 11.8 Å². The maximum absolute atomic E-state index is 8.98. The Balaban J connectivity index is 1.38. The van der Waals surface area contributed by atoms with Crippen LogP contribution in [0.4, 0.5) is 0 Å². The Kier molecular flexibility index (Phi) is 4.87. The molecule has 1 saturated carbocycles. The summed E-state index contributed by atoms with van der Waals surface area (Å²) in [5, 5.41) is 16.5. The summed E-state index contributed by atoms with van der Waals surface area (Å²) in [5.74, 6) is 3.14. The van der Waals surface area contributed by atoms with Gasteiger partial charge in [0.1, 0.15) is 18.2 Å². The fourth-order valence-electron chi connectivity index (χ4n) is 3.46. The van der Waals surface area contributed by atoms with E-state index in [4.69, 9.17) is 19.7 Å². The fourth-order valence-corrected chi connectivity index (χ4v) is 3.46. The van der Waals surface area contributed by atoms with Gasteiger partial charge in [-0.25, -0.2) is 4.98 Å². The molecule has 7 heteroatoms. The van der Waals surface area contributed by atoms with Gasteiger partial charge in [-0.3, -0.25) is 10.00 Å². The Morgan fingerprint density at radius 2 is 2.27 bits per heavy atom. The molecule has 2 atom stereocenters. The van der Waals surface area contributed by atoms with E-state index in [2.05, 4.69) is 21.2 Å². The lowest BCUT2D eigenvalue weighted by Crippen LogP contribution is -2.30. The average Bonchev–Trinajstić information content (AvgIpc) is 3.26. The first-order chi connectivity index (χ1) is 12.8. The van der Waals surface area contributed by atoms with E-state index < -0.39 is 0 Å². The molecule has 0 bridgehead atoms. The van der Waals surface area contributed by atoms with Crippen molar-refractivity contribution in [1.29, 1.82) is 5.26 Å². The molecular weight excluding hydrogens is 330 g/mol. The molecule has 4 rings (SSSR count). The van der Waals surface area contributed by atoms with Crippen LogP contribution in [0.3, 0.4) is 0 Å². The van der Waals surface area contributed by atoms with Gasteiger partial charge in [0.25, 0.3) is 0 Å². The Hall–Kier alpha value is -2.43. The standard InChI is InChI=1S/C19H23N5O2/c1-25-16-10-17(19-21-18(22-23-19)14-5-6-14)24(12-16)7-8-26-15-4-2-3-13(9-15)11-20/h2-4,9,14,16-17H,5-8,10,12H2,1H3,(H,21,22,23)/t16-,17+/m1/s1. The second kappa shape index (κ2) is 7.44. The van der Waals surface area contributed by atoms with Gasteiger partial charge in [0.05, 0.1) is 23.8 Å². The van der Waals surface area contributed by atoms with Crippen LogP contribution in [0, 0.1) is 11.3 Å². The second-order valence-corrected chi connectivity index (χ2v) is 6.95.